The van der Waals surface area contributed by atoms with Crippen molar-refractivity contribution in [2.45, 2.75) is 70.8 Å². The van der Waals surface area contributed by atoms with Crippen molar-refractivity contribution in [2.24, 2.45) is 0 Å². The Labute approximate surface area is 260 Å². The molecule has 0 bridgehead atoms. The minimum Gasteiger partial charge on any atom is -0.390 e. The smallest absolute Gasteiger partial charge is 0.251 e. The Morgan fingerprint density at radius 2 is 1.79 bits per heavy atom. The minimum absolute atomic E-state index is 0. The Balaban J connectivity index is 0.00000506. The summed E-state index contributed by atoms with van der Waals surface area (Å²) in [6.45, 7) is 7.16. The van der Waals surface area contributed by atoms with Crippen molar-refractivity contribution < 1.29 is 23.4 Å². The van der Waals surface area contributed by atoms with Gasteiger partial charge in [0.05, 0.1) is 18.8 Å². The maximum absolute atomic E-state index is 14.0. The largest absolute Gasteiger partial charge is 0.390 e. The standard InChI is InChI=1S/C34H43F2N3O3.ClH/c1-4-24-7-5-8-25(13-24)19-37-20-33(40)32(17-26-15-29(35)18-30(36)16-26)38-34(41)28-12-23(2)11-27(14-28)21-39-10-6-9-31(39)22-42-3;/h5,7-8,11-16,18,31-33,37,40H,4,6,9-10,17,19-22H2,1-3H3,(H,38,41);1H/t31-,32-,33-;/m0./s1. The number of hydrogen-bond donors (Lipinski definition) is 3. The molecule has 1 saturated heterocycles. The SMILES string of the molecule is CCc1cccc(CNC[C@H](O)[C@H](Cc2cc(F)cc(F)c2)NC(=O)c2cc(C)cc(CN3CCC[C@H]3COC)c2)c1.Cl. The van der Waals surface area contributed by atoms with Gasteiger partial charge < -0.3 is 20.5 Å². The molecule has 1 aliphatic rings. The molecule has 4 rings (SSSR count). The van der Waals surface area contributed by atoms with E-state index in [1.54, 1.807) is 7.11 Å². The van der Waals surface area contributed by atoms with Gasteiger partial charge in [0.25, 0.3) is 5.91 Å². The molecule has 43 heavy (non-hydrogen) atoms. The Kier molecular flexibility index (Phi) is 13.5. The van der Waals surface area contributed by atoms with E-state index in [0.717, 1.165) is 48.6 Å². The Hall–Kier alpha value is -2.88. The van der Waals surface area contributed by atoms with E-state index in [4.69, 9.17) is 4.74 Å². The molecule has 0 unspecified atom stereocenters. The number of rotatable bonds is 14. The van der Waals surface area contributed by atoms with Crippen molar-refractivity contribution in [3.8, 4) is 0 Å². The number of nitrogens with zero attached hydrogens (tertiary/aromatic N) is 1. The van der Waals surface area contributed by atoms with E-state index in [9.17, 15) is 18.7 Å². The average molecular weight is 616 g/mol. The number of aliphatic hydroxyl groups excluding tert-OH is 1. The molecule has 9 heteroatoms. The third-order valence-corrected chi connectivity index (χ3v) is 7.88. The molecule has 3 atom stereocenters. The van der Waals surface area contributed by atoms with Crippen LogP contribution in [0.2, 0.25) is 0 Å². The molecule has 0 aromatic heterocycles. The molecule has 0 radical (unpaired) electrons. The number of benzene rings is 3. The lowest BCUT2D eigenvalue weighted by atomic mass is 9.99. The maximum Gasteiger partial charge on any atom is 0.251 e. The number of nitrogens with one attached hydrogen (secondary N) is 2. The van der Waals surface area contributed by atoms with Gasteiger partial charge in [-0.2, -0.15) is 0 Å². The van der Waals surface area contributed by atoms with Gasteiger partial charge in [0.2, 0.25) is 0 Å². The molecule has 1 fully saturated rings. The normalized spacial score (nSPS) is 16.5. The molecule has 1 aliphatic heterocycles. The van der Waals surface area contributed by atoms with Gasteiger partial charge in [0, 0.05) is 44.4 Å². The van der Waals surface area contributed by atoms with Crippen LogP contribution in [0.1, 0.15) is 57.9 Å². The molecule has 1 heterocycles. The van der Waals surface area contributed by atoms with Crippen LogP contribution in [0.15, 0.2) is 60.7 Å². The molecule has 3 aromatic rings. The highest BCUT2D eigenvalue weighted by Crippen LogP contribution is 2.22. The Morgan fingerprint density at radius 3 is 2.51 bits per heavy atom. The summed E-state index contributed by atoms with van der Waals surface area (Å²) in [5, 5.41) is 17.4. The van der Waals surface area contributed by atoms with E-state index in [-0.39, 0.29) is 31.3 Å². The quantitative estimate of drug-likeness (QED) is 0.228. The monoisotopic (exact) mass is 615 g/mol. The van der Waals surface area contributed by atoms with Crippen LogP contribution < -0.4 is 10.6 Å². The topological polar surface area (TPSA) is 73.8 Å². The van der Waals surface area contributed by atoms with Crippen LogP contribution in [-0.2, 0) is 30.7 Å². The Bertz CT molecular complexity index is 1320. The second-order valence-electron chi connectivity index (χ2n) is 11.4. The fourth-order valence-electron chi connectivity index (χ4n) is 5.79. The minimum atomic E-state index is -1.00. The second kappa shape index (κ2) is 16.8. The van der Waals surface area contributed by atoms with E-state index >= 15 is 0 Å². The van der Waals surface area contributed by atoms with Crippen LogP contribution in [0.25, 0.3) is 0 Å². The summed E-state index contributed by atoms with van der Waals surface area (Å²) in [5.41, 5.74) is 5.15. The highest BCUT2D eigenvalue weighted by atomic mass is 35.5. The maximum atomic E-state index is 14.0. The van der Waals surface area contributed by atoms with E-state index < -0.39 is 23.8 Å². The molecule has 234 valence electrons. The number of amides is 1. The zero-order chi connectivity index (χ0) is 30.1. The van der Waals surface area contributed by atoms with Crippen molar-refractivity contribution in [3.63, 3.8) is 0 Å². The van der Waals surface area contributed by atoms with Crippen molar-refractivity contribution in [3.05, 3.63) is 106 Å². The number of halogens is 3. The summed E-state index contributed by atoms with van der Waals surface area (Å²) < 4.78 is 33.3. The first-order valence-electron chi connectivity index (χ1n) is 14.8. The number of carbonyl (C=O) groups excluding carboxylic acids is 1. The van der Waals surface area contributed by atoms with Crippen molar-refractivity contribution in [1.82, 2.24) is 15.5 Å². The fourth-order valence-corrected chi connectivity index (χ4v) is 5.79. The first kappa shape index (κ1) is 34.6. The zero-order valence-corrected chi connectivity index (χ0v) is 26.1. The van der Waals surface area contributed by atoms with Gasteiger partial charge in [0.1, 0.15) is 11.6 Å². The van der Waals surface area contributed by atoms with Gasteiger partial charge in [-0.1, -0.05) is 42.8 Å². The highest BCUT2D eigenvalue weighted by molar-refractivity contribution is 5.94. The van der Waals surface area contributed by atoms with E-state index in [1.165, 1.54) is 17.7 Å². The third kappa shape index (κ3) is 10.4. The first-order chi connectivity index (χ1) is 20.2. The summed E-state index contributed by atoms with van der Waals surface area (Å²) in [7, 11) is 1.72. The number of methoxy groups -OCH3 is 1. The predicted octanol–water partition coefficient (Wildman–Crippen LogP) is 5.36. The van der Waals surface area contributed by atoms with E-state index in [0.29, 0.717) is 36.9 Å². The van der Waals surface area contributed by atoms with Gasteiger partial charge in [-0.3, -0.25) is 9.69 Å². The number of likely N-dealkylation sites (tertiary alicyclic amines) is 1. The molecule has 3 aromatic carbocycles. The van der Waals surface area contributed by atoms with Crippen LogP contribution >= 0.6 is 12.4 Å². The summed E-state index contributed by atoms with van der Waals surface area (Å²) in [4.78, 5) is 15.9. The summed E-state index contributed by atoms with van der Waals surface area (Å²) in [6, 6.07) is 16.8. The van der Waals surface area contributed by atoms with Crippen molar-refractivity contribution >= 4 is 18.3 Å². The molecular weight excluding hydrogens is 572 g/mol. The molecule has 6 nitrogen and oxygen atoms in total. The molecule has 0 saturated carbocycles. The van der Waals surface area contributed by atoms with Gasteiger partial charge in [-0.15, -0.1) is 12.4 Å². The van der Waals surface area contributed by atoms with E-state index in [2.05, 4.69) is 40.7 Å². The summed E-state index contributed by atoms with van der Waals surface area (Å²) in [5.74, 6) is -1.74. The van der Waals surface area contributed by atoms with Crippen molar-refractivity contribution in [1.29, 1.82) is 0 Å². The van der Waals surface area contributed by atoms with Crippen LogP contribution in [0.3, 0.4) is 0 Å². The van der Waals surface area contributed by atoms with Gasteiger partial charge in [0.15, 0.2) is 0 Å². The van der Waals surface area contributed by atoms with Gasteiger partial charge in [-0.25, -0.2) is 8.78 Å². The van der Waals surface area contributed by atoms with Crippen LogP contribution in [0.5, 0.6) is 0 Å². The highest BCUT2D eigenvalue weighted by Gasteiger charge is 2.26. The number of aliphatic hydroxyl groups is 1. The first-order valence-corrected chi connectivity index (χ1v) is 14.8. The number of hydrogen-bond acceptors (Lipinski definition) is 5. The van der Waals surface area contributed by atoms with Crippen LogP contribution in [-0.4, -0.2) is 60.9 Å². The number of carbonyl (C=O) groups is 1. The van der Waals surface area contributed by atoms with E-state index in [1.807, 2.05) is 31.2 Å². The molecule has 3 N–H and O–H groups in total. The average Bonchev–Trinajstić information content (AvgIpc) is 3.38. The number of aryl methyl sites for hydroxylation is 2. The van der Waals surface area contributed by atoms with Crippen LogP contribution in [0.4, 0.5) is 8.78 Å². The lowest BCUT2D eigenvalue weighted by Crippen LogP contribution is -2.48. The lowest BCUT2D eigenvalue weighted by Gasteiger charge is -2.26. The fraction of sp³-hybridized carbons (Fsp3) is 0.441. The van der Waals surface area contributed by atoms with Crippen molar-refractivity contribution in [2.75, 3.05) is 26.8 Å². The Morgan fingerprint density at radius 1 is 1.05 bits per heavy atom. The van der Waals surface area contributed by atoms with Crippen LogP contribution in [0, 0.1) is 18.6 Å². The second-order valence-corrected chi connectivity index (χ2v) is 11.4. The molecule has 0 aliphatic carbocycles. The number of ether oxygens (including phenoxy) is 1. The van der Waals surface area contributed by atoms with Gasteiger partial charge in [-0.05, 0) is 85.7 Å². The molecular formula is C34H44ClF2N3O3. The predicted molar refractivity (Wildman–Crippen MR) is 169 cm³/mol. The summed E-state index contributed by atoms with van der Waals surface area (Å²) in [6.07, 6.45) is 2.20. The molecule has 0 spiro atoms. The third-order valence-electron chi connectivity index (χ3n) is 7.88. The van der Waals surface area contributed by atoms with Gasteiger partial charge >= 0.3 is 0 Å². The molecule has 1 amide bonds. The lowest BCUT2D eigenvalue weighted by molar-refractivity contribution is 0.0829. The zero-order valence-electron chi connectivity index (χ0n) is 25.2. The summed E-state index contributed by atoms with van der Waals surface area (Å²) >= 11 is 0.